The molecule has 5 heteroatoms. The van der Waals surface area contributed by atoms with Crippen LogP contribution in [0.4, 0.5) is 11.4 Å². The molecule has 1 saturated heterocycles. The average molecular weight is 296 g/mol. The van der Waals surface area contributed by atoms with Gasteiger partial charge in [-0.2, -0.15) is 0 Å². The molecule has 1 heterocycles. The van der Waals surface area contributed by atoms with Crippen LogP contribution in [0.15, 0.2) is 48.5 Å². The molecule has 3 rings (SSSR count). The van der Waals surface area contributed by atoms with Gasteiger partial charge >= 0.3 is 0 Å². The van der Waals surface area contributed by atoms with Gasteiger partial charge in [-0.25, -0.2) is 4.90 Å². The highest BCUT2D eigenvalue weighted by atomic mass is 16.3. The minimum Gasteiger partial charge on any atom is -0.508 e. The predicted molar refractivity (Wildman–Crippen MR) is 83.8 cm³/mol. The van der Waals surface area contributed by atoms with E-state index in [-0.39, 0.29) is 24.0 Å². The molecule has 2 aromatic carbocycles. The van der Waals surface area contributed by atoms with Crippen LogP contribution in [0.5, 0.6) is 5.75 Å². The first-order valence-electron chi connectivity index (χ1n) is 7.03. The quantitative estimate of drug-likeness (QED) is 0.674. The SMILES string of the molecule is Cc1ccc(N2C(=O)CC(Nc3ccc(O)cc3)C2=O)cc1. The summed E-state index contributed by atoms with van der Waals surface area (Å²) in [5, 5.41) is 12.3. The Labute approximate surface area is 128 Å². The molecule has 0 radical (unpaired) electrons. The normalized spacial score (nSPS) is 17.9. The van der Waals surface area contributed by atoms with E-state index in [1.165, 1.54) is 17.0 Å². The van der Waals surface area contributed by atoms with Crippen molar-refractivity contribution >= 4 is 23.2 Å². The van der Waals surface area contributed by atoms with Crippen molar-refractivity contribution in [2.45, 2.75) is 19.4 Å². The number of aromatic hydroxyl groups is 1. The largest absolute Gasteiger partial charge is 0.508 e. The first-order valence-corrected chi connectivity index (χ1v) is 7.03. The van der Waals surface area contributed by atoms with Gasteiger partial charge in [0.25, 0.3) is 5.91 Å². The van der Waals surface area contributed by atoms with Gasteiger partial charge in [-0.3, -0.25) is 9.59 Å². The van der Waals surface area contributed by atoms with E-state index in [4.69, 9.17) is 0 Å². The lowest BCUT2D eigenvalue weighted by molar-refractivity contribution is -0.121. The third-order valence-corrected chi connectivity index (χ3v) is 3.65. The summed E-state index contributed by atoms with van der Waals surface area (Å²) in [6.07, 6.45) is 0.119. The fraction of sp³-hybridized carbons (Fsp3) is 0.176. The van der Waals surface area contributed by atoms with Crippen LogP contribution < -0.4 is 10.2 Å². The molecule has 0 bridgehead atoms. The molecule has 0 aromatic heterocycles. The summed E-state index contributed by atoms with van der Waals surface area (Å²) in [6.45, 7) is 1.95. The third-order valence-electron chi connectivity index (χ3n) is 3.65. The second-order valence-electron chi connectivity index (χ2n) is 5.35. The molecule has 1 fully saturated rings. The maximum atomic E-state index is 12.5. The lowest BCUT2D eigenvalue weighted by atomic mass is 10.2. The van der Waals surface area contributed by atoms with Crippen LogP contribution >= 0.6 is 0 Å². The number of anilines is 2. The summed E-state index contributed by atoms with van der Waals surface area (Å²) in [7, 11) is 0. The molecule has 0 aliphatic carbocycles. The molecule has 2 aromatic rings. The Balaban J connectivity index is 1.79. The van der Waals surface area contributed by atoms with Crippen LogP contribution in [0.25, 0.3) is 0 Å². The molecule has 1 atom stereocenters. The van der Waals surface area contributed by atoms with Gasteiger partial charge in [-0.05, 0) is 43.3 Å². The van der Waals surface area contributed by atoms with Gasteiger partial charge in [0.1, 0.15) is 11.8 Å². The summed E-state index contributed by atoms with van der Waals surface area (Å²) in [4.78, 5) is 25.8. The van der Waals surface area contributed by atoms with Gasteiger partial charge in [-0.1, -0.05) is 17.7 Å². The highest BCUT2D eigenvalue weighted by Gasteiger charge is 2.39. The minimum atomic E-state index is -0.585. The maximum Gasteiger partial charge on any atom is 0.256 e. The number of hydrogen-bond acceptors (Lipinski definition) is 4. The van der Waals surface area contributed by atoms with Crippen LogP contribution in [0.1, 0.15) is 12.0 Å². The van der Waals surface area contributed by atoms with E-state index in [0.717, 1.165) is 5.56 Å². The Hall–Kier alpha value is -2.82. The molecule has 5 nitrogen and oxygen atoms in total. The van der Waals surface area contributed by atoms with Gasteiger partial charge < -0.3 is 10.4 Å². The average Bonchev–Trinajstić information content (AvgIpc) is 2.77. The number of benzene rings is 2. The predicted octanol–water partition coefficient (Wildman–Crippen LogP) is 2.44. The van der Waals surface area contributed by atoms with Crippen molar-refractivity contribution in [2.24, 2.45) is 0 Å². The van der Waals surface area contributed by atoms with E-state index in [2.05, 4.69) is 5.32 Å². The van der Waals surface area contributed by atoms with Gasteiger partial charge in [0.2, 0.25) is 5.91 Å². The summed E-state index contributed by atoms with van der Waals surface area (Å²) in [5.41, 5.74) is 2.35. The smallest absolute Gasteiger partial charge is 0.256 e. The molecule has 1 aliphatic rings. The van der Waals surface area contributed by atoms with Crippen molar-refractivity contribution in [1.82, 2.24) is 0 Å². The number of carbonyl (C=O) groups is 2. The lowest BCUT2D eigenvalue weighted by Crippen LogP contribution is -2.34. The molecule has 2 amide bonds. The molecule has 22 heavy (non-hydrogen) atoms. The van der Waals surface area contributed by atoms with E-state index >= 15 is 0 Å². The van der Waals surface area contributed by atoms with Crippen molar-refractivity contribution in [3.63, 3.8) is 0 Å². The molecular weight excluding hydrogens is 280 g/mol. The Bertz CT molecular complexity index is 708. The van der Waals surface area contributed by atoms with Crippen LogP contribution in [-0.4, -0.2) is 23.0 Å². The zero-order valence-corrected chi connectivity index (χ0v) is 12.1. The summed E-state index contributed by atoms with van der Waals surface area (Å²) < 4.78 is 0. The Morgan fingerprint density at radius 2 is 1.68 bits per heavy atom. The highest BCUT2D eigenvalue weighted by Crippen LogP contribution is 2.25. The standard InChI is InChI=1S/C17H16N2O3/c1-11-2-6-13(7-3-11)19-16(21)10-15(17(19)22)18-12-4-8-14(20)9-5-12/h2-9,15,18,20H,10H2,1H3. The molecule has 1 unspecified atom stereocenters. The van der Waals surface area contributed by atoms with E-state index < -0.39 is 6.04 Å². The van der Waals surface area contributed by atoms with Crippen LogP contribution in [-0.2, 0) is 9.59 Å². The Morgan fingerprint density at radius 3 is 2.32 bits per heavy atom. The van der Waals surface area contributed by atoms with E-state index in [1.54, 1.807) is 24.3 Å². The monoisotopic (exact) mass is 296 g/mol. The summed E-state index contributed by atoms with van der Waals surface area (Å²) >= 11 is 0. The number of hydrogen-bond donors (Lipinski definition) is 2. The number of nitrogens with zero attached hydrogens (tertiary/aromatic N) is 1. The molecule has 112 valence electrons. The first-order chi connectivity index (χ1) is 10.5. The first kappa shape index (κ1) is 14.1. The van der Waals surface area contributed by atoms with Gasteiger partial charge in [-0.15, -0.1) is 0 Å². The van der Waals surface area contributed by atoms with Crippen LogP contribution in [0.3, 0.4) is 0 Å². The van der Waals surface area contributed by atoms with Crippen LogP contribution in [0, 0.1) is 6.92 Å². The van der Waals surface area contributed by atoms with Crippen molar-refractivity contribution in [2.75, 3.05) is 10.2 Å². The lowest BCUT2D eigenvalue weighted by Gasteiger charge is -2.16. The van der Waals surface area contributed by atoms with E-state index in [0.29, 0.717) is 11.4 Å². The van der Waals surface area contributed by atoms with Crippen LogP contribution in [0.2, 0.25) is 0 Å². The number of phenols is 1. The molecular formula is C17H16N2O3. The van der Waals surface area contributed by atoms with E-state index in [9.17, 15) is 14.7 Å². The second kappa shape index (κ2) is 5.52. The van der Waals surface area contributed by atoms with Crippen molar-refractivity contribution in [3.8, 4) is 5.75 Å². The number of amides is 2. The number of phenolic OH excluding ortho intramolecular Hbond substituents is 1. The number of imide groups is 1. The number of rotatable bonds is 3. The number of nitrogens with one attached hydrogen (secondary N) is 1. The maximum absolute atomic E-state index is 12.5. The fourth-order valence-electron chi connectivity index (χ4n) is 2.47. The van der Waals surface area contributed by atoms with Crippen molar-refractivity contribution in [3.05, 3.63) is 54.1 Å². The minimum absolute atomic E-state index is 0.119. The zero-order chi connectivity index (χ0) is 15.7. The zero-order valence-electron chi connectivity index (χ0n) is 12.1. The molecule has 2 N–H and O–H groups in total. The van der Waals surface area contributed by atoms with Crippen molar-refractivity contribution in [1.29, 1.82) is 0 Å². The van der Waals surface area contributed by atoms with Crippen molar-refractivity contribution < 1.29 is 14.7 Å². The molecule has 0 saturated carbocycles. The number of aryl methyl sites for hydroxylation is 1. The fourth-order valence-corrected chi connectivity index (χ4v) is 2.47. The number of carbonyl (C=O) groups excluding carboxylic acids is 2. The van der Waals surface area contributed by atoms with E-state index in [1.807, 2.05) is 19.1 Å². The molecule has 0 spiro atoms. The summed E-state index contributed by atoms with van der Waals surface area (Å²) in [6, 6.07) is 13.1. The Morgan fingerprint density at radius 1 is 1.05 bits per heavy atom. The second-order valence-corrected chi connectivity index (χ2v) is 5.35. The van der Waals surface area contributed by atoms with Gasteiger partial charge in [0.05, 0.1) is 12.1 Å². The summed E-state index contributed by atoms with van der Waals surface area (Å²) in [5.74, 6) is -0.326. The molecule has 1 aliphatic heterocycles. The topological polar surface area (TPSA) is 69.6 Å². The van der Waals surface area contributed by atoms with Gasteiger partial charge in [0, 0.05) is 5.69 Å². The highest BCUT2D eigenvalue weighted by molar-refractivity contribution is 6.23. The van der Waals surface area contributed by atoms with Gasteiger partial charge in [0.15, 0.2) is 0 Å². The third kappa shape index (κ3) is 2.65. The Kier molecular flexibility index (Phi) is 3.55.